The van der Waals surface area contributed by atoms with Crippen molar-refractivity contribution in [3.63, 3.8) is 0 Å². The van der Waals surface area contributed by atoms with E-state index in [-0.39, 0.29) is 5.54 Å². The SMILES string of the molecule is COc1ccc(C2(N=C=O)CCCC2)c(C)c1. The van der Waals surface area contributed by atoms with E-state index in [0.717, 1.165) is 42.6 Å². The molecule has 17 heavy (non-hydrogen) atoms. The van der Waals surface area contributed by atoms with Crippen molar-refractivity contribution in [1.29, 1.82) is 0 Å². The Balaban J connectivity index is 2.47. The molecule has 0 bridgehead atoms. The number of hydrogen-bond donors (Lipinski definition) is 0. The molecule has 0 N–H and O–H groups in total. The Kier molecular flexibility index (Phi) is 3.30. The molecule has 0 heterocycles. The van der Waals surface area contributed by atoms with Crippen molar-refractivity contribution in [2.75, 3.05) is 7.11 Å². The number of aliphatic imine (C=N–C) groups is 1. The molecule has 1 aliphatic carbocycles. The van der Waals surface area contributed by atoms with Crippen LogP contribution in [0.5, 0.6) is 5.75 Å². The van der Waals surface area contributed by atoms with Gasteiger partial charge in [-0.1, -0.05) is 18.9 Å². The smallest absolute Gasteiger partial charge is 0.235 e. The lowest BCUT2D eigenvalue weighted by atomic mass is 9.86. The first-order chi connectivity index (χ1) is 8.22. The molecule has 1 fully saturated rings. The molecule has 0 unspecified atom stereocenters. The Labute approximate surface area is 102 Å². The summed E-state index contributed by atoms with van der Waals surface area (Å²) in [5.74, 6) is 0.842. The minimum Gasteiger partial charge on any atom is -0.497 e. The van der Waals surface area contributed by atoms with Gasteiger partial charge in [-0.05, 0) is 43.0 Å². The predicted octanol–water partition coefficient (Wildman–Crippen LogP) is 3.11. The van der Waals surface area contributed by atoms with Crippen LogP contribution in [0.4, 0.5) is 0 Å². The van der Waals surface area contributed by atoms with Gasteiger partial charge in [0.2, 0.25) is 6.08 Å². The van der Waals surface area contributed by atoms with E-state index in [0.29, 0.717) is 0 Å². The maximum atomic E-state index is 10.7. The molecule has 0 aromatic heterocycles. The minimum absolute atomic E-state index is 0.335. The highest BCUT2D eigenvalue weighted by atomic mass is 16.5. The first-order valence-corrected chi connectivity index (χ1v) is 5.96. The summed E-state index contributed by atoms with van der Waals surface area (Å²) in [4.78, 5) is 14.8. The van der Waals surface area contributed by atoms with E-state index in [9.17, 15) is 4.79 Å². The largest absolute Gasteiger partial charge is 0.497 e. The third kappa shape index (κ3) is 2.11. The van der Waals surface area contributed by atoms with E-state index in [1.807, 2.05) is 25.1 Å². The highest BCUT2D eigenvalue weighted by Crippen LogP contribution is 2.43. The Morgan fingerprint density at radius 3 is 2.59 bits per heavy atom. The van der Waals surface area contributed by atoms with Gasteiger partial charge in [-0.25, -0.2) is 4.79 Å². The van der Waals surface area contributed by atoms with Crippen molar-refractivity contribution in [3.8, 4) is 5.75 Å². The lowest BCUT2D eigenvalue weighted by molar-refractivity contribution is 0.412. The maximum absolute atomic E-state index is 10.7. The monoisotopic (exact) mass is 231 g/mol. The molecular formula is C14H17NO2. The second-order valence-corrected chi connectivity index (χ2v) is 4.62. The van der Waals surface area contributed by atoms with Gasteiger partial charge in [0.1, 0.15) is 5.75 Å². The fourth-order valence-corrected chi connectivity index (χ4v) is 2.77. The highest BCUT2D eigenvalue weighted by Gasteiger charge is 2.36. The zero-order valence-corrected chi connectivity index (χ0v) is 10.3. The molecule has 0 atom stereocenters. The number of nitrogens with zero attached hydrogens (tertiary/aromatic N) is 1. The summed E-state index contributed by atoms with van der Waals surface area (Å²) in [5.41, 5.74) is 1.93. The second kappa shape index (κ2) is 4.72. The third-order valence-corrected chi connectivity index (χ3v) is 3.63. The molecule has 0 aliphatic heterocycles. The summed E-state index contributed by atoms with van der Waals surface area (Å²) in [7, 11) is 1.66. The maximum Gasteiger partial charge on any atom is 0.235 e. The fourth-order valence-electron chi connectivity index (χ4n) is 2.77. The fraction of sp³-hybridized carbons (Fsp3) is 0.500. The van der Waals surface area contributed by atoms with E-state index in [2.05, 4.69) is 4.99 Å². The number of aryl methyl sites for hydroxylation is 1. The predicted molar refractivity (Wildman–Crippen MR) is 66.0 cm³/mol. The van der Waals surface area contributed by atoms with Crippen molar-refractivity contribution in [1.82, 2.24) is 0 Å². The van der Waals surface area contributed by atoms with Crippen LogP contribution in [0.1, 0.15) is 36.8 Å². The van der Waals surface area contributed by atoms with Crippen molar-refractivity contribution in [2.45, 2.75) is 38.1 Å². The Morgan fingerprint density at radius 2 is 2.06 bits per heavy atom. The third-order valence-electron chi connectivity index (χ3n) is 3.63. The molecule has 0 saturated heterocycles. The summed E-state index contributed by atoms with van der Waals surface area (Å²) in [6.45, 7) is 2.04. The van der Waals surface area contributed by atoms with Gasteiger partial charge >= 0.3 is 0 Å². The van der Waals surface area contributed by atoms with Crippen molar-refractivity contribution in [2.24, 2.45) is 4.99 Å². The molecule has 90 valence electrons. The molecule has 1 aromatic carbocycles. The molecule has 0 amide bonds. The average Bonchev–Trinajstić information content (AvgIpc) is 2.79. The van der Waals surface area contributed by atoms with Gasteiger partial charge in [-0.2, -0.15) is 4.99 Å². The molecule has 0 radical (unpaired) electrons. The van der Waals surface area contributed by atoms with E-state index >= 15 is 0 Å². The van der Waals surface area contributed by atoms with Crippen LogP contribution in [0, 0.1) is 6.92 Å². The van der Waals surface area contributed by atoms with Crippen LogP contribution in [-0.4, -0.2) is 13.2 Å². The number of carbonyl (C=O) groups excluding carboxylic acids is 1. The first kappa shape index (κ1) is 11.9. The van der Waals surface area contributed by atoms with Gasteiger partial charge in [-0.3, -0.25) is 0 Å². The van der Waals surface area contributed by atoms with Crippen LogP contribution in [-0.2, 0) is 10.3 Å². The van der Waals surface area contributed by atoms with E-state index in [4.69, 9.17) is 4.74 Å². The number of rotatable bonds is 3. The van der Waals surface area contributed by atoms with Gasteiger partial charge in [0.25, 0.3) is 0 Å². The summed E-state index contributed by atoms with van der Waals surface area (Å²) in [6.07, 6.45) is 5.87. The summed E-state index contributed by atoms with van der Waals surface area (Å²) >= 11 is 0. The molecule has 3 heteroatoms. The van der Waals surface area contributed by atoms with Crippen LogP contribution in [0.2, 0.25) is 0 Å². The lowest BCUT2D eigenvalue weighted by Crippen LogP contribution is -2.20. The van der Waals surface area contributed by atoms with Crippen LogP contribution in [0.3, 0.4) is 0 Å². The Hall–Kier alpha value is -1.60. The van der Waals surface area contributed by atoms with Gasteiger partial charge < -0.3 is 4.74 Å². The van der Waals surface area contributed by atoms with Crippen LogP contribution < -0.4 is 4.74 Å². The number of methoxy groups -OCH3 is 1. The normalized spacial score (nSPS) is 17.5. The van der Waals surface area contributed by atoms with E-state index in [1.165, 1.54) is 0 Å². The van der Waals surface area contributed by atoms with Crippen LogP contribution >= 0.6 is 0 Å². The molecule has 0 spiro atoms. The average molecular weight is 231 g/mol. The molecule has 2 rings (SSSR count). The zero-order valence-electron chi connectivity index (χ0n) is 10.3. The van der Waals surface area contributed by atoms with Gasteiger partial charge in [0.15, 0.2) is 0 Å². The van der Waals surface area contributed by atoms with Gasteiger partial charge in [-0.15, -0.1) is 0 Å². The van der Waals surface area contributed by atoms with Crippen molar-refractivity contribution < 1.29 is 9.53 Å². The summed E-state index contributed by atoms with van der Waals surface area (Å²) < 4.78 is 5.20. The Morgan fingerprint density at radius 1 is 1.35 bits per heavy atom. The van der Waals surface area contributed by atoms with E-state index in [1.54, 1.807) is 13.2 Å². The number of hydrogen-bond acceptors (Lipinski definition) is 3. The topological polar surface area (TPSA) is 38.7 Å². The Bertz CT molecular complexity index is 455. The molecule has 1 aromatic rings. The zero-order chi connectivity index (χ0) is 12.3. The number of benzene rings is 1. The molecule has 1 saturated carbocycles. The number of ether oxygens (including phenoxy) is 1. The molecular weight excluding hydrogens is 214 g/mol. The molecule has 3 nitrogen and oxygen atoms in total. The van der Waals surface area contributed by atoms with Gasteiger partial charge in [0, 0.05) is 0 Å². The van der Waals surface area contributed by atoms with Crippen LogP contribution in [0.25, 0.3) is 0 Å². The quantitative estimate of drug-likeness (QED) is 0.592. The van der Waals surface area contributed by atoms with Crippen molar-refractivity contribution >= 4 is 6.08 Å². The lowest BCUT2D eigenvalue weighted by Gasteiger charge is -2.25. The van der Waals surface area contributed by atoms with Gasteiger partial charge in [0.05, 0.1) is 12.6 Å². The molecule has 1 aliphatic rings. The van der Waals surface area contributed by atoms with E-state index < -0.39 is 0 Å². The first-order valence-electron chi connectivity index (χ1n) is 5.96. The van der Waals surface area contributed by atoms with Crippen molar-refractivity contribution in [3.05, 3.63) is 29.3 Å². The van der Waals surface area contributed by atoms with Crippen LogP contribution in [0.15, 0.2) is 23.2 Å². The standard InChI is InChI=1S/C14H17NO2/c1-11-9-12(17-2)5-6-13(11)14(15-10-16)7-3-4-8-14/h5-6,9H,3-4,7-8H2,1-2H3. The second-order valence-electron chi connectivity index (χ2n) is 4.62. The minimum atomic E-state index is -0.335. The summed E-state index contributed by atoms with van der Waals surface area (Å²) in [6, 6.07) is 5.96. The summed E-state index contributed by atoms with van der Waals surface area (Å²) in [5, 5.41) is 0. The number of isocyanates is 1. The highest BCUT2D eigenvalue weighted by molar-refractivity contribution is 5.43.